The standard InChI is InChI=1S/C21H27N4S/c1-14-10-16(23(3)4)12-18-20(14)22-21-15(2)11-17(13-19(21)26-18)25-8-6-24(5)7-9-25/h10-13H,6-9H2,1-5H3/q+1. The van der Waals surface area contributed by atoms with Gasteiger partial charge in [0.2, 0.25) is 5.36 Å². The molecule has 1 aromatic rings. The molecule has 2 heterocycles. The predicted octanol–water partition coefficient (Wildman–Crippen LogP) is 2.80. The predicted molar refractivity (Wildman–Crippen MR) is 113 cm³/mol. The molecule has 5 heteroatoms. The molecule has 0 saturated carbocycles. The van der Waals surface area contributed by atoms with Crippen LogP contribution in [0, 0.1) is 13.8 Å². The van der Waals surface area contributed by atoms with Crippen LogP contribution in [0.3, 0.4) is 0 Å². The molecule has 1 saturated heterocycles. The van der Waals surface area contributed by atoms with Crippen LogP contribution < -0.4 is 14.8 Å². The molecule has 0 N–H and O–H groups in total. The highest BCUT2D eigenvalue weighted by Gasteiger charge is 2.18. The van der Waals surface area contributed by atoms with Gasteiger partial charge in [-0.05, 0) is 44.2 Å². The topological polar surface area (TPSA) is 22.4 Å². The summed E-state index contributed by atoms with van der Waals surface area (Å²) in [6.45, 7) is 8.80. The van der Waals surface area contributed by atoms with Crippen LogP contribution in [0.15, 0.2) is 24.3 Å². The summed E-state index contributed by atoms with van der Waals surface area (Å²) < 4.78 is 3.44. The van der Waals surface area contributed by atoms with E-state index < -0.39 is 0 Å². The largest absolute Gasteiger partial charge is 0.369 e. The molecular formula is C21H27N4S+. The van der Waals surface area contributed by atoms with Crippen LogP contribution in [0.2, 0.25) is 0 Å². The zero-order chi connectivity index (χ0) is 18.4. The van der Waals surface area contributed by atoms with Gasteiger partial charge >= 0.3 is 0 Å². The third-order valence-corrected chi connectivity index (χ3v) is 6.39. The second-order valence-corrected chi connectivity index (χ2v) is 8.70. The normalized spacial score (nSPS) is 15.8. The first kappa shape index (κ1) is 17.4. The Morgan fingerprint density at radius 1 is 0.962 bits per heavy atom. The van der Waals surface area contributed by atoms with Gasteiger partial charge < -0.3 is 9.80 Å². The van der Waals surface area contributed by atoms with E-state index >= 15 is 0 Å². The van der Waals surface area contributed by atoms with Crippen LogP contribution >= 0.6 is 11.3 Å². The third kappa shape index (κ3) is 3.10. The first-order valence-electron chi connectivity index (χ1n) is 9.22. The molecule has 1 fully saturated rings. The Morgan fingerprint density at radius 3 is 2.38 bits per heavy atom. The molecule has 26 heavy (non-hydrogen) atoms. The van der Waals surface area contributed by atoms with Gasteiger partial charge in [-0.1, -0.05) is 0 Å². The van der Waals surface area contributed by atoms with Gasteiger partial charge in [-0.15, -0.1) is 11.3 Å². The molecule has 4 rings (SSSR count). The van der Waals surface area contributed by atoms with E-state index in [4.69, 9.17) is 4.98 Å². The fraction of sp³-hybridized carbons (Fsp3) is 0.429. The van der Waals surface area contributed by atoms with Crippen LogP contribution in [0.4, 0.5) is 5.69 Å². The summed E-state index contributed by atoms with van der Waals surface area (Å²) >= 11 is 1.86. The summed E-state index contributed by atoms with van der Waals surface area (Å²) in [6.07, 6.45) is 0. The maximum absolute atomic E-state index is 5.04. The minimum atomic E-state index is 1.09. The number of likely N-dealkylation sites (N-methyl/N-ethyl adjacent to an activating group) is 1. The Balaban J connectivity index is 1.89. The average molecular weight is 368 g/mol. The van der Waals surface area contributed by atoms with Crippen LogP contribution in [0.25, 0.3) is 20.8 Å². The van der Waals surface area contributed by atoms with Crippen molar-refractivity contribution in [3.63, 3.8) is 0 Å². The van der Waals surface area contributed by atoms with Gasteiger partial charge in [0.1, 0.15) is 14.1 Å². The molecular weight excluding hydrogens is 340 g/mol. The van der Waals surface area contributed by atoms with Crippen molar-refractivity contribution in [2.45, 2.75) is 13.8 Å². The summed E-state index contributed by atoms with van der Waals surface area (Å²) in [5.74, 6) is 0. The number of hydrogen-bond donors (Lipinski definition) is 0. The molecule has 1 aliphatic carbocycles. The van der Waals surface area contributed by atoms with E-state index in [0.717, 1.165) is 37.4 Å². The van der Waals surface area contributed by atoms with Gasteiger partial charge in [0.05, 0.1) is 20.8 Å². The Bertz CT molecular complexity index is 1010. The SMILES string of the molecule is Cc1cc(=[N+](C)C)cc2sc3cc(N4CCN(C)CC4)cc(C)c3nc1-2. The lowest BCUT2D eigenvalue weighted by atomic mass is 10.1. The number of fused-ring (bicyclic) bond motifs is 2. The second kappa shape index (κ2) is 6.63. The van der Waals surface area contributed by atoms with Crippen molar-refractivity contribution >= 4 is 27.2 Å². The summed E-state index contributed by atoms with van der Waals surface area (Å²) in [7, 11) is 6.39. The van der Waals surface area contributed by atoms with Gasteiger partial charge in [-0.2, -0.15) is 0 Å². The van der Waals surface area contributed by atoms with Crippen LogP contribution in [-0.2, 0) is 0 Å². The molecule has 136 valence electrons. The number of hydrogen-bond acceptors (Lipinski definition) is 4. The summed E-state index contributed by atoms with van der Waals surface area (Å²) in [5, 5.41) is 1.24. The van der Waals surface area contributed by atoms with Gasteiger partial charge in [0.15, 0.2) is 0 Å². The highest BCUT2D eigenvalue weighted by molar-refractivity contribution is 7.21. The van der Waals surface area contributed by atoms with Crippen molar-refractivity contribution in [2.75, 3.05) is 52.2 Å². The van der Waals surface area contributed by atoms with Crippen LogP contribution in [-0.4, -0.2) is 57.2 Å². The minimum absolute atomic E-state index is 1.09. The highest BCUT2D eigenvalue weighted by atomic mass is 32.1. The quantitative estimate of drug-likeness (QED) is 0.488. The zero-order valence-electron chi connectivity index (χ0n) is 16.3. The van der Waals surface area contributed by atoms with E-state index in [1.165, 1.54) is 31.7 Å². The number of aryl methyl sites for hydroxylation is 2. The fourth-order valence-electron chi connectivity index (χ4n) is 3.64. The molecule has 3 aliphatic rings. The number of aromatic nitrogens is 1. The van der Waals surface area contributed by atoms with Crippen LogP contribution in [0.1, 0.15) is 11.1 Å². The smallest absolute Gasteiger partial charge is 0.201 e. The molecule has 0 spiro atoms. The van der Waals surface area contributed by atoms with E-state index in [0.29, 0.717) is 0 Å². The van der Waals surface area contributed by atoms with Crippen molar-refractivity contribution in [3.8, 4) is 10.6 Å². The van der Waals surface area contributed by atoms with E-state index in [1.54, 1.807) is 0 Å². The second-order valence-electron chi connectivity index (χ2n) is 7.62. The third-order valence-electron chi connectivity index (χ3n) is 5.33. The number of rotatable bonds is 1. The van der Waals surface area contributed by atoms with Gasteiger partial charge in [0, 0.05) is 44.0 Å². The summed E-state index contributed by atoms with van der Waals surface area (Å²) in [5.41, 5.74) is 6.11. The number of nitrogens with zero attached hydrogens (tertiary/aromatic N) is 4. The van der Waals surface area contributed by atoms with Crippen LogP contribution in [0.5, 0.6) is 0 Å². The Morgan fingerprint density at radius 2 is 1.69 bits per heavy atom. The average Bonchev–Trinajstić information content (AvgIpc) is 2.61. The van der Waals surface area contributed by atoms with E-state index in [2.05, 4.69) is 73.6 Å². The maximum Gasteiger partial charge on any atom is 0.201 e. The molecule has 0 unspecified atom stereocenters. The molecule has 4 nitrogen and oxygen atoms in total. The molecule has 0 radical (unpaired) electrons. The lowest BCUT2D eigenvalue weighted by Crippen LogP contribution is -2.44. The Hall–Kier alpha value is -1.98. The molecule has 0 aromatic heterocycles. The first-order chi connectivity index (χ1) is 12.4. The van der Waals surface area contributed by atoms with Crippen molar-refractivity contribution in [1.82, 2.24) is 14.5 Å². The monoisotopic (exact) mass is 367 g/mol. The molecule has 1 aromatic carbocycles. The molecule has 0 bridgehead atoms. The maximum atomic E-state index is 5.04. The lowest BCUT2D eigenvalue weighted by molar-refractivity contribution is 0.313. The Labute approximate surface area is 159 Å². The van der Waals surface area contributed by atoms with Crippen molar-refractivity contribution in [1.29, 1.82) is 0 Å². The zero-order valence-corrected chi connectivity index (χ0v) is 17.2. The Kier molecular flexibility index (Phi) is 4.45. The van der Waals surface area contributed by atoms with Crippen molar-refractivity contribution < 1.29 is 0 Å². The van der Waals surface area contributed by atoms with Gasteiger partial charge in [0.25, 0.3) is 0 Å². The van der Waals surface area contributed by atoms with Crippen molar-refractivity contribution in [2.24, 2.45) is 0 Å². The van der Waals surface area contributed by atoms with E-state index in [9.17, 15) is 0 Å². The van der Waals surface area contributed by atoms with Crippen molar-refractivity contribution in [3.05, 3.63) is 40.7 Å². The fourth-order valence-corrected chi connectivity index (χ4v) is 4.84. The summed E-state index contributed by atoms with van der Waals surface area (Å²) in [4.78, 5) is 11.2. The first-order valence-corrected chi connectivity index (χ1v) is 10.0. The summed E-state index contributed by atoms with van der Waals surface area (Å²) in [6, 6.07) is 9.13. The van der Waals surface area contributed by atoms with Gasteiger partial charge in [-0.25, -0.2) is 9.56 Å². The number of benzene rings is 2. The lowest BCUT2D eigenvalue weighted by Gasteiger charge is -2.34. The molecule has 0 amide bonds. The van der Waals surface area contributed by atoms with Gasteiger partial charge in [-0.3, -0.25) is 0 Å². The number of piperazine rings is 1. The van der Waals surface area contributed by atoms with E-state index in [1.807, 2.05) is 11.3 Å². The molecule has 2 aliphatic heterocycles. The van der Waals surface area contributed by atoms with E-state index in [-0.39, 0.29) is 0 Å². The molecule has 0 atom stereocenters. The number of anilines is 1. The minimum Gasteiger partial charge on any atom is -0.369 e. The highest BCUT2D eigenvalue weighted by Crippen LogP contribution is 2.35.